The Morgan fingerprint density at radius 2 is 0.500 bits per heavy atom. The Labute approximate surface area is 354 Å². The third-order valence-corrected chi connectivity index (χ3v) is 4.30. The summed E-state index contributed by atoms with van der Waals surface area (Å²) >= 11 is 0. The van der Waals surface area contributed by atoms with E-state index in [0.29, 0.717) is 0 Å². The second-order valence-electron chi connectivity index (χ2n) is 7.86. The fourth-order valence-electron chi connectivity index (χ4n) is 2.90. The van der Waals surface area contributed by atoms with Crippen LogP contribution in [0.25, 0.3) is 0 Å². The Bertz CT molecular complexity index is 726. The smallest absolute Gasteiger partial charge is 0.549 e. The van der Waals surface area contributed by atoms with E-state index in [4.69, 9.17) is 10.2 Å². The van der Waals surface area contributed by atoms with Crippen LogP contribution in [0.15, 0.2) is 0 Å². The molecule has 0 aliphatic carbocycles. The molecular weight excluding hydrogens is 678 g/mol. The van der Waals surface area contributed by atoms with Crippen molar-refractivity contribution in [2.45, 2.75) is 0 Å². The first-order valence-corrected chi connectivity index (χ1v) is 10.9. The Morgan fingerprint density at radius 3 is 0.614 bits per heavy atom. The molecule has 0 unspecified atom stereocenters. The molecule has 0 fully saturated rings. The Hall–Kier alpha value is 0.119. The first kappa shape index (κ1) is 56.5. The third-order valence-electron chi connectivity index (χ3n) is 4.30. The van der Waals surface area contributed by atoms with E-state index in [1.165, 1.54) is 0 Å². The minimum Gasteiger partial charge on any atom is -0.549 e. The summed E-state index contributed by atoms with van der Waals surface area (Å²) in [5.41, 5.74) is 0. The van der Waals surface area contributed by atoms with Crippen molar-refractivity contribution in [1.29, 1.82) is 0 Å². The number of carbonyl (C=O) groups is 8. The molecule has 2 N–H and O–H groups in total. The summed E-state index contributed by atoms with van der Waals surface area (Å²) in [6.45, 7) is -6.00. The maximum Gasteiger partial charge on any atom is 2.00 e. The molecular formula is C20H26Ca2N4Na2O16. The van der Waals surface area contributed by atoms with E-state index in [9.17, 15) is 69.0 Å². The Kier molecular flexibility index (Phi) is 42.4. The molecule has 0 spiro atoms. The van der Waals surface area contributed by atoms with Crippen LogP contribution in [-0.2, 0) is 38.4 Å². The number of carbonyl (C=O) groups excluding carboxylic acids is 6. The minimum atomic E-state index is -1.53. The van der Waals surface area contributed by atoms with Gasteiger partial charge in [-0.1, -0.05) is 0 Å². The van der Waals surface area contributed by atoms with Crippen LogP contribution >= 0.6 is 0 Å². The molecule has 0 aliphatic rings. The van der Waals surface area contributed by atoms with Gasteiger partial charge in [0.15, 0.2) is 0 Å². The Balaban J connectivity index is -0.000000150. The normalized spacial score (nSPS) is 9.73. The zero-order chi connectivity index (χ0) is 31.4. The standard InChI is InChI=1S/2C10H16N2O8.2Ca.2Na/c2*13-7(14)3-11(4-8(15)16)1-2-12(5-9(17)18)6-10(19)20;;;;/h2*1-6H2,(H,13,14)(H,15,16)(H,17,18)(H,19,20);;;;/q;;2*+2;2*+1/p-6. The van der Waals surface area contributed by atoms with Gasteiger partial charge in [-0.05, 0) is 0 Å². The van der Waals surface area contributed by atoms with Crippen molar-refractivity contribution in [3.63, 3.8) is 0 Å². The molecule has 0 aromatic carbocycles. The topological polar surface area (TPSA) is 328 Å². The average molecular weight is 705 g/mol. The van der Waals surface area contributed by atoms with Gasteiger partial charge in [-0.3, -0.25) is 29.2 Å². The number of nitrogens with zero attached hydrogens (tertiary/aromatic N) is 4. The molecule has 0 aliphatic heterocycles. The summed E-state index contributed by atoms with van der Waals surface area (Å²) in [5, 5.41) is 79.7. The van der Waals surface area contributed by atoms with Crippen LogP contribution in [0.3, 0.4) is 0 Å². The van der Waals surface area contributed by atoms with Gasteiger partial charge in [0.25, 0.3) is 0 Å². The molecule has 44 heavy (non-hydrogen) atoms. The van der Waals surface area contributed by atoms with Crippen LogP contribution in [0.5, 0.6) is 0 Å². The summed E-state index contributed by atoms with van der Waals surface area (Å²) in [6, 6.07) is 0. The number of hydrogen-bond donors (Lipinski definition) is 2. The van der Waals surface area contributed by atoms with Gasteiger partial charge in [0.2, 0.25) is 0 Å². The van der Waals surface area contributed by atoms with Gasteiger partial charge in [0, 0.05) is 65.4 Å². The van der Waals surface area contributed by atoms with Crippen molar-refractivity contribution in [2.24, 2.45) is 0 Å². The number of carboxylic acid groups (broad SMARTS) is 8. The van der Waals surface area contributed by atoms with Crippen molar-refractivity contribution < 1.29 is 138 Å². The van der Waals surface area contributed by atoms with E-state index in [2.05, 4.69) is 0 Å². The summed E-state index contributed by atoms with van der Waals surface area (Å²) in [7, 11) is 0. The molecule has 228 valence electrons. The van der Waals surface area contributed by atoms with Crippen LogP contribution in [0.2, 0.25) is 0 Å². The predicted molar refractivity (Wildman–Crippen MR) is 123 cm³/mol. The van der Waals surface area contributed by atoms with Gasteiger partial charge >= 0.3 is 147 Å². The van der Waals surface area contributed by atoms with Crippen LogP contribution in [0, 0.1) is 0 Å². The van der Waals surface area contributed by atoms with Crippen LogP contribution in [0.4, 0.5) is 0 Å². The quantitative estimate of drug-likeness (QED) is 0.0988. The number of aliphatic carboxylic acids is 8. The zero-order valence-corrected chi connectivity index (χ0v) is 32.7. The SMILES string of the molecule is O=C([O-])CN(CCN(CC(=O)[O-])CC(=O)O)CC(=O)O.O=C([O-])CN(CCN(CC(=O)[O-])CC(=O)[O-])CC(=O)[O-].[Ca+2].[Ca+2].[Na+].[Na+]. The molecule has 0 atom stereocenters. The average Bonchev–Trinajstić information content (AvgIpc) is 2.72. The maximum atomic E-state index is 10.5. The van der Waals surface area contributed by atoms with Crippen molar-refractivity contribution in [3.8, 4) is 0 Å². The largest absolute Gasteiger partial charge is 2.00 e. The molecule has 0 aromatic rings. The van der Waals surface area contributed by atoms with Gasteiger partial charge in [-0.25, -0.2) is 0 Å². The monoisotopic (exact) mass is 704 g/mol. The van der Waals surface area contributed by atoms with E-state index in [1.807, 2.05) is 0 Å². The third kappa shape index (κ3) is 40.1. The molecule has 0 heterocycles. The molecule has 0 amide bonds. The molecule has 0 aromatic heterocycles. The van der Waals surface area contributed by atoms with E-state index in [1.54, 1.807) is 0 Å². The summed E-state index contributed by atoms with van der Waals surface area (Å²) in [6.07, 6.45) is 0. The van der Waals surface area contributed by atoms with E-state index >= 15 is 0 Å². The van der Waals surface area contributed by atoms with Crippen LogP contribution in [-0.4, -0.2) is 232 Å². The number of hydrogen-bond acceptors (Lipinski definition) is 18. The number of carboxylic acids is 8. The van der Waals surface area contributed by atoms with E-state index in [-0.39, 0.29) is 161 Å². The zero-order valence-electron chi connectivity index (χ0n) is 24.3. The van der Waals surface area contributed by atoms with Crippen molar-refractivity contribution >= 4 is 123 Å². The molecule has 0 saturated heterocycles. The predicted octanol–water partition coefficient (Wildman–Crippen LogP) is -18.9. The van der Waals surface area contributed by atoms with E-state index in [0.717, 1.165) is 19.6 Å². The molecule has 20 nitrogen and oxygen atoms in total. The van der Waals surface area contributed by atoms with Gasteiger partial charge in [0.05, 0.1) is 48.9 Å². The first-order valence-electron chi connectivity index (χ1n) is 10.9. The van der Waals surface area contributed by atoms with Crippen LogP contribution in [0.1, 0.15) is 0 Å². The van der Waals surface area contributed by atoms with Gasteiger partial charge in [-0.15, -0.1) is 0 Å². The Morgan fingerprint density at radius 1 is 0.364 bits per heavy atom. The van der Waals surface area contributed by atoms with Gasteiger partial charge < -0.3 is 69.6 Å². The minimum absolute atomic E-state index is 0. The van der Waals surface area contributed by atoms with Gasteiger partial charge in [0.1, 0.15) is 0 Å². The number of rotatable bonds is 22. The fourth-order valence-corrected chi connectivity index (χ4v) is 2.90. The van der Waals surface area contributed by atoms with Crippen molar-refractivity contribution in [3.05, 3.63) is 0 Å². The summed E-state index contributed by atoms with van der Waals surface area (Å²) < 4.78 is 0. The molecule has 24 heteroatoms. The maximum absolute atomic E-state index is 10.5. The second kappa shape index (κ2) is 33.0. The molecule has 0 rings (SSSR count). The van der Waals surface area contributed by atoms with Crippen molar-refractivity contribution in [2.75, 3.05) is 78.5 Å². The molecule has 0 radical (unpaired) electrons. The second-order valence-corrected chi connectivity index (χ2v) is 7.86. The van der Waals surface area contributed by atoms with Crippen LogP contribution < -0.4 is 89.8 Å². The molecule has 0 bridgehead atoms. The summed E-state index contributed by atoms with van der Waals surface area (Å²) in [4.78, 5) is 87.3. The fraction of sp³-hybridized carbons (Fsp3) is 0.600. The van der Waals surface area contributed by atoms with Crippen molar-refractivity contribution in [1.82, 2.24) is 19.6 Å². The molecule has 0 saturated carbocycles. The van der Waals surface area contributed by atoms with Gasteiger partial charge in [-0.2, -0.15) is 0 Å². The van der Waals surface area contributed by atoms with E-state index < -0.39 is 100 Å². The first-order chi connectivity index (χ1) is 18.4. The summed E-state index contributed by atoms with van der Waals surface area (Å²) in [5.74, 6) is -11.6.